The van der Waals surface area contributed by atoms with Crippen molar-refractivity contribution in [3.63, 3.8) is 0 Å². The Morgan fingerprint density at radius 1 is 0.970 bits per heavy atom. The summed E-state index contributed by atoms with van der Waals surface area (Å²) in [6.45, 7) is 7.08. The van der Waals surface area contributed by atoms with Crippen molar-refractivity contribution in [2.75, 3.05) is 36.4 Å². The van der Waals surface area contributed by atoms with E-state index in [0.717, 1.165) is 41.2 Å². The Kier molecular flexibility index (Phi) is 5.64. The number of piperazine rings is 1. The van der Waals surface area contributed by atoms with E-state index >= 15 is 0 Å². The maximum absolute atomic E-state index is 12.9. The Balaban J connectivity index is 1.23. The van der Waals surface area contributed by atoms with Gasteiger partial charge in [0, 0.05) is 50.2 Å². The second-order valence-corrected chi connectivity index (χ2v) is 8.37. The number of anilines is 3. The number of carbonyl (C=O) groups is 1. The monoisotopic (exact) mass is 441 g/mol. The molecule has 0 unspecified atom stereocenters. The number of aromatic nitrogens is 4. The van der Waals surface area contributed by atoms with Crippen LogP contribution in [0.15, 0.2) is 60.9 Å². The number of hydrogen-bond acceptors (Lipinski definition) is 6. The Hall–Kier alpha value is -3.94. The van der Waals surface area contributed by atoms with Crippen LogP contribution in [-0.2, 0) is 11.3 Å². The van der Waals surface area contributed by atoms with Crippen LogP contribution in [0.2, 0.25) is 0 Å². The number of pyridine rings is 1. The van der Waals surface area contributed by atoms with Crippen molar-refractivity contribution >= 4 is 34.3 Å². The first-order chi connectivity index (χ1) is 16.0. The molecule has 1 aliphatic heterocycles. The molecule has 33 heavy (non-hydrogen) atoms. The van der Waals surface area contributed by atoms with Crippen LogP contribution in [0.25, 0.3) is 10.9 Å². The van der Waals surface area contributed by atoms with Crippen LogP contribution >= 0.6 is 0 Å². The average Bonchev–Trinajstić information content (AvgIpc) is 3.21. The van der Waals surface area contributed by atoms with Gasteiger partial charge in [0.2, 0.25) is 5.91 Å². The Labute approximate surface area is 192 Å². The third kappa shape index (κ3) is 4.64. The van der Waals surface area contributed by atoms with E-state index in [1.165, 1.54) is 0 Å². The highest BCUT2D eigenvalue weighted by atomic mass is 16.2. The van der Waals surface area contributed by atoms with E-state index in [4.69, 9.17) is 0 Å². The highest BCUT2D eigenvalue weighted by Gasteiger charge is 2.23. The minimum Gasteiger partial charge on any atom is -0.353 e. The fourth-order valence-electron chi connectivity index (χ4n) is 4.22. The van der Waals surface area contributed by atoms with Crippen LogP contribution in [0, 0.1) is 13.8 Å². The van der Waals surface area contributed by atoms with Crippen LogP contribution in [0.5, 0.6) is 0 Å². The van der Waals surface area contributed by atoms with Gasteiger partial charge in [0.15, 0.2) is 0 Å². The number of rotatable bonds is 5. The lowest BCUT2D eigenvalue weighted by atomic mass is 10.2. The van der Waals surface area contributed by atoms with Crippen LogP contribution in [0.4, 0.5) is 17.5 Å². The van der Waals surface area contributed by atoms with Crippen LogP contribution in [-0.4, -0.2) is 56.5 Å². The van der Waals surface area contributed by atoms with E-state index in [1.807, 2.05) is 59.8 Å². The zero-order chi connectivity index (χ0) is 22.8. The first kappa shape index (κ1) is 20.9. The molecule has 1 fully saturated rings. The number of benzene rings is 1. The van der Waals surface area contributed by atoms with Gasteiger partial charge < -0.3 is 19.7 Å². The molecule has 0 atom stereocenters. The Bertz CT molecular complexity index is 1290. The highest BCUT2D eigenvalue weighted by Crippen LogP contribution is 2.21. The molecular weight excluding hydrogens is 414 g/mol. The minimum absolute atomic E-state index is 0.141. The number of amides is 1. The predicted octanol–water partition coefficient (Wildman–Crippen LogP) is 3.54. The largest absolute Gasteiger partial charge is 0.353 e. The zero-order valence-corrected chi connectivity index (χ0v) is 18.9. The molecule has 4 heterocycles. The lowest BCUT2D eigenvalue weighted by Gasteiger charge is -2.35. The van der Waals surface area contributed by atoms with E-state index in [1.54, 1.807) is 6.20 Å². The van der Waals surface area contributed by atoms with Crippen LogP contribution in [0.3, 0.4) is 0 Å². The molecule has 1 N–H and O–H groups in total. The topological polar surface area (TPSA) is 79.2 Å². The van der Waals surface area contributed by atoms with Crippen molar-refractivity contribution in [2.45, 2.75) is 20.4 Å². The molecule has 168 valence electrons. The highest BCUT2D eigenvalue weighted by molar-refractivity contribution is 5.83. The normalized spacial score (nSPS) is 14.0. The summed E-state index contributed by atoms with van der Waals surface area (Å²) in [7, 11) is 0. The number of para-hydroxylation sites is 1. The summed E-state index contributed by atoms with van der Waals surface area (Å²) in [5, 5.41) is 4.43. The number of nitrogens with zero attached hydrogens (tertiary/aromatic N) is 6. The molecule has 8 heteroatoms. The summed E-state index contributed by atoms with van der Waals surface area (Å²) in [4.78, 5) is 30.6. The van der Waals surface area contributed by atoms with Crippen molar-refractivity contribution in [1.82, 2.24) is 24.4 Å². The molecular formula is C25H27N7O. The summed E-state index contributed by atoms with van der Waals surface area (Å²) in [6.07, 6.45) is 3.76. The Morgan fingerprint density at radius 3 is 2.61 bits per heavy atom. The van der Waals surface area contributed by atoms with Crippen molar-refractivity contribution in [1.29, 1.82) is 0 Å². The fourth-order valence-corrected chi connectivity index (χ4v) is 4.22. The van der Waals surface area contributed by atoms with Crippen LogP contribution in [0.1, 0.15) is 11.4 Å². The fraction of sp³-hybridized carbons (Fsp3) is 0.280. The molecule has 4 aromatic rings. The van der Waals surface area contributed by atoms with E-state index in [2.05, 4.69) is 43.4 Å². The quantitative estimate of drug-likeness (QED) is 0.510. The van der Waals surface area contributed by atoms with Crippen molar-refractivity contribution in [3.05, 3.63) is 72.3 Å². The van der Waals surface area contributed by atoms with Gasteiger partial charge in [0.1, 0.15) is 29.8 Å². The molecule has 8 nitrogen and oxygen atoms in total. The molecule has 3 aromatic heterocycles. The molecule has 0 bridgehead atoms. The predicted molar refractivity (Wildman–Crippen MR) is 130 cm³/mol. The second kappa shape index (κ2) is 8.90. The smallest absolute Gasteiger partial charge is 0.242 e. The van der Waals surface area contributed by atoms with E-state index < -0.39 is 0 Å². The van der Waals surface area contributed by atoms with Crippen molar-refractivity contribution in [3.8, 4) is 0 Å². The van der Waals surface area contributed by atoms with Crippen molar-refractivity contribution in [2.24, 2.45) is 0 Å². The van der Waals surface area contributed by atoms with E-state index in [9.17, 15) is 4.79 Å². The van der Waals surface area contributed by atoms with Crippen molar-refractivity contribution < 1.29 is 4.79 Å². The van der Waals surface area contributed by atoms with Gasteiger partial charge >= 0.3 is 0 Å². The van der Waals surface area contributed by atoms with E-state index in [0.29, 0.717) is 31.3 Å². The first-order valence-corrected chi connectivity index (χ1v) is 11.2. The SMILES string of the molecule is Cc1ccnc(Nc2cc(N3CCN(C(=O)Cn4ccc5ccccc54)CC3)nc(C)n2)c1. The average molecular weight is 442 g/mol. The first-order valence-electron chi connectivity index (χ1n) is 11.2. The van der Waals surface area contributed by atoms with Crippen LogP contribution < -0.4 is 10.2 Å². The number of nitrogens with one attached hydrogen (secondary N) is 1. The lowest BCUT2D eigenvalue weighted by Crippen LogP contribution is -2.49. The molecule has 1 amide bonds. The number of aryl methyl sites for hydroxylation is 2. The zero-order valence-electron chi connectivity index (χ0n) is 18.9. The molecule has 0 aliphatic carbocycles. The lowest BCUT2D eigenvalue weighted by molar-refractivity contribution is -0.132. The second-order valence-electron chi connectivity index (χ2n) is 8.37. The van der Waals surface area contributed by atoms with E-state index in [-0.39, 0.29) is 5.91 Å². The number of fused-ring (bicyclic) bond motifs is 1. The maximum Gasteiger partial charge on any atom is 0.242 e. The molecule has 0 saturated carbocycles. The van der Waals surface area contributed by atoms with Gasteiger partial charge in [-0.2, -0.15) is 0 Å². The molecule has 5 rings (SSSR count). The molecule has 1 saturated heterocycles. The number of hydrogen-bond donors (Lipinski definition) is 1. The summed E-state index contributed by atoms with van der Waals surface area (Å²) in [6, 6.07) is 16.1. The minimum atomic E-state index is 0.141. The van der Waals surface area contributed by atoms with Gasteiger partial charge in [-0.1, -0.05) is 18.2 Å². The summed E-state index contributed by atoms with van der Waals surface area (Å²) in [5.74, 6) is 3.17. The summed E-state index contributed by atoms with van der Waals surface area (Å²) >= 11 is 0. The Morgan fingerprint density at radius 2 is 1.79 bits per heavy atom. The number of carbonyl (C=O) groups excluding carboxylic acids is 1. The maximum atomic E-state index is 12.9. The van der Waals surface area contributed by atoms with Gasteiger partial charge in [-0.15, -0.1) is 0 Å². The van der Waals surface area contributed by atoms with Gasteiger partial charge in [-0.05, 0) is 49.1 Å². The summed E-state index contributed by atoms with van der Waals surface area (Å²) < 4.78 is 2.02. The third-order valence-corrected chi connectivity index (χ3v) is 5.94. The molecule has 1 aliphatic rings. The molecule has 0 radical (unpaired) electrons. The van der Waals surface area contributed by atoms with Gasteiger partial charge in [0.05, 0.1) is 0 Å². The standard InChI is InChI=1S/C25H27N7O/c1-18-7-9-26-22(15-18)29-23-16-24(28-19(2)27-23)30-11-13-31(14-12-30)25(33)17-32-10-8-20-5-3-4-6-21(20)32/h3-10,15-16H,11-14,17H2,1-2H3,(H,26,27,28,29). The van der Waals surface area contributed by atoms with Gasteiger partial charge in [-0.3, -0.25) is 4.79 Å². The molecule has 1 aromatic carbocycles. The van der Waals surface area contributed by atoms with Gasteiger partial charge in [-0.25, -0.2) is 15.0 Å². The van der Waals surface area contributed by atoms with Gasteiger partial charge in [0.25, 0.3) is 0 Å². The summed E-state index contributed by atoms with van der Waals surface area (Å²) in [5.41, 5.74) is 2.22. The molecule has 0 spiro atoms. The third-order valence-electron chi connectivity index (χ3n) is 5.94.